The van der Waals surface area contributed by atoms with Crippen LogP contribution in [0.5, 0.6) is 0 Å². The zero-order chi connectivity index (χ0) is 14.1. The Morgan fingerprint density at radius 3 is 2.63 bits per heavy atom. The number of benzene rings is 1. The molecule has 3 N–H and O–H groups in total. The van der Waals surface area contributed by atoms with Crippen molar-refractivity contribution in [1.29, 1.82) is 0 Å². The van der Waals surface area contributed by atoms with E-state index in [2.05, 4.69) is 5.32 Å². The standard InChI is InChI=1S/C15H24N2O2/c1-3-19-12-8-7-11-17-14(18)15(2,16)13-9-5-4-6-10-13/h4-6,9-10H,3,7-8,11-12,16H2,1-2H3,(H,17,18). The van der Waals surface area contributed by atoms with Crippen LogP contribution in [0.4, 0.5) is 0 Å². The molecule has 1 aromatic rings. The maximum absolute atomic E-state index is 12.1. The maximum atomic E-state index is 12.1. The molecule has 0 saturated carbocycles. The number of carbonyl (C=O) groups is 1. The van der Waals surface area contributed by atoms with Crippen LogP contribution in [-0.2, 0) is 15.1 Å². The van der Waals surface area contributed by atoms with Gasteiger partial charge in [0, 0.05) is 19.8 Å². The normalized spacial score (nSPS) is 13.8. The Kier molecular flexibility index (Phi) is 6.53. The summed E-state index contributed by atoms with van der Waals surface area (Å²) < 4.78 is 5.24. The highest BCUT2D eigenvalue weighted by molar-refractivity contribution is 5.86. The van der Waals surface area contributed by atoms with Crippen LogP contribution in [0.25, 0.3) is 0 Å². The van der Waals surface area contributed by atoms with Gasteiger partial charge in [0.1, 0.15) is 5.54 Å². The average Bonchev–Trinajstić information content (AvgIpc) is 2.43. The van der Waals surface area contributed by atoms with Crippen molar-refractivity contribution >= 4 is 5.91 Å². The zero-order valence-electron chi connectivity index (χ0n) is 11.8. The Morgan fingerprint density at radius 1 is 1.32 bits per heavy atom. The number of amides is 1. The molecule has 0 aromatic heterocycles. The summed E-state index contributed by atoms with van der Waals surface area (Å²) in [5.41, 5.74) is 5.94. The van der Waals surface area contributed by atoms with E-state index in [1.165, 1.54) is 0 Å². The van der Waals surface area contributed by atoms with E-state index in [1.54, 1.807) is 6.92 Å². The van der Waals surface area contributed by atoms with Crippen LogP contribution >= 0.6 is 0 Å². The Morgan fingerprint density at radius 2 is 2.00 bits per heavy atom. The molecule has 0 aliphatic rings. The van der Waals surface area contributed by atoms with E-state index in [-0.39, 0.29) is 5.91 Å². The molecule has 1 aromatic carbocycles. The topological polar surface area (TPSA) is 64.3 Å². The number of carbonyl (C=O) groups excluding carboxylic acids is 1. The predicted molar refractivity (Wildman–Crippen MR) is 76.7 cm³/mol. The second-order valence-electron chi connectivity index (χ2n) is 4.73. The van der Waals surface area contributed by atoms with Gasteiger partial charge >= 0.3 is 0 Å². The lowest BCUT2D eigenvalue weighted by atomic mass is 9.92. The highest BCUT2D eigenvalue weighted by Crippen LogP contribution is 2.17. The smallest absolute Gasteiger partial charge is 0.244 e. The molecule has 0 spiro atoms. The molecule has 1 atom stereocenters. The van der Waals surface area contributed by atoms with Crippen LogP contribution in [0.1, 0.15) is 32.3 Å². The van der Waals surface area contributed by atoms with Crippen molar-refractivity contribution in [3.63, 3.8) is 0 Å². The van der Waals surface area contributed by atoms with Gasteiger partial charge in [-0.3, -0.25) is 4.79 Å². The van der Waals surface area contributed by atoms with E-state index < -0.39 is 5.54 Å². The van der Waals surface area contributed by atoms with Gasteiger partial charge in [-0.1, -0.05) is 30.3 Å². The van der Waals surface area contributed by atoms with Crippen molar-refractivity contribution in [1.82, 2.24) is 5.32 Å². The highest BCUT2D eigenvalue weighted by Gasteiger charge is 2.29. The van der Waals surface area contributed by atoms with E-state index in [4.69, 9.17) is 10.5 Å². The summed E-state index contributed by atoms with van der Waals surface area (Å²) >= 11 is 0. The summed E-state index contributed by atoms with van der Waals surface area (Å²) in [6.45, 7) is 5.82. The van der Waals surface area contributed by atoms with Crippen LogP contribution in [0, 0.1) is 0 Å². The first kappa shape index (κ1) is 15.7. The molecule has 1 unspecified atom stereocenters. The fourth-order valence-corrected chi connectivity index (χ4v) is 1.77. The van der Waals surface area contributed by atoms with Gasteiger partial charge in [0.15, 0.2) is 0 Å². The van der Waals surface area contributed by atoms with Crippen molar-refractivity contribution in [2.45, 2.75) is 32.2 Å². The van der Waals surface area contributed by atoms with Gasteiger partial charge < -0.3 is 15.8 Å². The Hall–Kier alpha value is -1.39. The first-order valence-corrected chi connectivity index (χ1v) is 6.79. The molecule has 0 saturated heterocycles. The molecule has 0 aliphatic carbocycles. The van der Waals surface area contributed by atoms with E-state index in [1.807, 2.05) is 37.3 Å². The van der Waals surface area contributed by atoms with Crippen LogP contribution in [0.3, 0.4) is 0 Å². The second kappa shape index (κ2) is 7.92. The Labute approximate surface area is 115 Å². The summed E-state index contributed by atoms with van der Waals surface area (Å²) in [5.74, 6) is -0.143. The van der Waals surface area contributed by atoms with Crippen molar-refractivity contribution in [2.24, 2.45) is 5.73 Å². The van der Waals surface area contributed by atoms with Gasteiger partial charge in [-0.15, -0.1) is 0 Å². The van der Waals surface area contributed by atoms with Crippen LogP contribution in [-0.4, -0.2) is 25.7 Å². The van der Waals surface area contributed by atoms with Gasteiger partial charge in [-0.25, -0.2) is 0 Å². The minimum atomic E-state index is -0.985. The monoisotopic (exact) mass is 264 g/mol. The Balaban J connectivity index is 2.36. The molecule has 0 radical (unpaired) electrons. The van der Waals surface area contributed by atoms with Crippen LogP contribution in [0.2, 0.25) is 0 Å². The van der Waals surface area contributed by atoms with Gasteiger partial charge in [0.2, 0.25) is 5.91 Å². The third kappa shape index (κ3) is 5.01. The summed E-state index contributed by atoms with van der Waals surface area (Å²) in [4.78, 5) is 12.1. The number of hydrogen-bond acceptors (Lipinski definition) is 3. The predicted octanol–water partition coefficient (Wildman–Crippen LogP) is 1.79. The summed E-state index contributed by atoms with van der Waals surface area (Å²) in [7, 11) is 0. The highest BCUT2D eigenvalue weighted by atomic mass is 16.5. The number of rotatable bonds is 8. The third-order valence-electron chi connectivity index (χ3n) is 3.05. The van der Waals surface area contributed by atoms with Crippen molar-refractivity contribution < 1.29 is 9.53 Å². The first-order valence-electron chi connectivity index (χ1n) is 6.79. The minimum absolute atomic E-state index is 0.143. The molecule has 1 rings (SSSR count). The largest absolute Gasteiger partial charge is 0.382 e. The zero-order valence-corrected chi connectivity index (χ0v) is 11.8. The van der Waals surface area contributed by atoms with E-state index >= 15 is 0 Å². The number of ether oxygens (including phenoxy) is 1. The van der Waals surface area contributed by atoms with Crippen molar-refractivity contribution in [3.05, 3.63) is 35.9 Å². The fourth-order valence-electron chi connectivity index (χ4n) is 1.77. The number of unbranched alkanes of at least 4 members (excludes halogenated alkanes) is 1. The van der Waals surface area contributed by atoms with E-state index in [0.717, 1.165) is 31.6 Å². The molecular formula is C15H24N2O2. The molecule has 0 aliphatic heterocycles. The maximum Gasteiger partial charge on any atom is 0.244 e. The molecule has 106 valence electrons. The molecular weight excluding hydrogens is 240 g/mol. The summed E-state index contributed by atoms with van der Waals surface area (Å²) in [6.07, 6.45) is 1.84. The lowest BCUT2D eigenvalue weighted by Crippen LogP contribution is -2.49. The minimum Gasteiger partial charge on any atom is -0.382 e. The average molecular weight is 264 g/mol. The van der Waals surface area contributed by atoms with Gasteiger partial charge in [-0.2, -0.15) is 0 Å². The van der Waals surface area contributed by atoms with Gasteiger partial charge in [0.25, 0.3) is 0 Å². The second-order valence-corrected chi connectivity index (χ2v) is 4.73. The quantitative estimate of drug-likeness (QED) is 0.704. The summed E-state index contributed by atoms with van der Waals surface area (Å²) in [6, 6.07) is 9.42. The SMILES string of the molecule is CCOCCCCNC(=O)C(C)(N)c1ccccc1. The molecule has 0 fully saturated rings. The van der Waals surface area contributed by atoms with Gasteiger partial charge in [0.05, 0.1) is 0 Å². The molecule has 4 heteroatoms. The van der Waals surface area contributed by atoms with Crippen LogP contribution in [0.15, 0.2) is 30.3 Å². The van der Waals surface area contributed by atoms with Crippen molar-refractivity contribution in [2.75, 3.05) is 19.8 Å². The molecule has 19 heavy (non-hydrogen) atoms. The van der Waals surface area contributed by atoms with Crippen LogP contribution < -0.4 is 11.1 Å². The number of nitrogens with two attached hydrogens (primary N) is 1. The lowest BCUT2D eigenvalue weighted by molar-refractivity contribution is -0.126. The number of hydrogen-bond donors (Lipinski definition) is 2. The molecule has 4 nitrogen and oxygen atoms in total. The summed E-state index contributed by atoms with van der Waals surface area (Å²) in [5, 5.41) is 2.88. The van der Waals surface area contributed by atoms with Crippen molar-refractivity contribution in [3.8, 4) is 0 Å². The molecule has 0 bridgehead atoms. The van der Waals surface area contributed by atoms with E-state index in [9.17, 15) is 4.79 Å². The van der Waals surface area contributed by atoms with E-state index in [0.29, 0.717) is 6.54 Å². The number of nitrogens with one attached hydrogen (secondary N) is 1. The first-order chi connectivity index (χ1) is 9.09. The third-order valence-corrected chi connectivity index (χ3v) is 3.05. The van der Waals surface area contributed by atoms with Gasteiger partial charge in [-0.05, 0) is 32.3 Å². The lowest BCUT2D eigenvalue weighted by Gasteiger charge is -2.24. The Bertz CT molecular complexity index is 377. The molecule has 0 heterocycles. The fraction of sp³-hybridized carbons (Fsp3) is 0.533. The molecule has 1 amide bonds.